The normalized spacial score (nSPS) is 12.3. The highest BCUT2D eigenvalue weighted by atomic mass is 79.9. The molecule has 23 heavy (non-hydrogen) atoms. The summed E-state index contributed by atoms with van der Waals surface area (Å²) in [4.78, 5) is 32.1. The van der Waals surface area contributed by atoms with Crippen molar-refractivity contribution in [2.75, 3.05) is 0 Å². The van der Waals surface area contributed by atoms with Crippen molar-refractivity contribution in [2.24, 2.45) is 0 Å². The van der Waals surface area contributed by atoms with Crippen molar-refractivity contribution in [1.82, 2.24) is 14.5 Å². The maximum Gasteiger partial charge on any atom is 0.335 e. The Morgan fingerprint density at radius 3 is 2.83 bits per heavy atom. The van der Waals surface area contributed by atoms with Gasteiger partial charge in [0, 0.05) is 6.20 Å². The van der Waals surface area contributed by atoms with Crippen molar-refractivity contribution < 1.29 is 9.90 Å². The SMILES string of the molecule is C[C@H](c1cccc(C(=O)O)c1)n1cnc2cc(Br)ncc2c1=O. The third kappa shape index (κ3) is 2.87. The van der Waals surface area contributed by atoms with Crippen LogP contribution in [0.2, 0.25) is 0 Å². The zero-order chi connectivity index (χ0) is 16.6. The Labute approximate surface area is 139 Å². The van der Waals surface area contributed by atoms with Gasteiger partial charge in [0.05, 0.1) is 28.8 Å². The van der Waals surface area contributed by atoms with Crippen LogP contribution in [0.1, 0.15) is 28.9 Å². The molecule has 0 aliphatic rings. The van der Waals surface area contributed by atoms with Crippen molar-refractivity contribution in [1.29, 1.82) is 0 Å². The zero-order valence-corrected chi connectivity index (χ0v) is 13.7. The minimum atomic E-state index is -1.00. The second kappa shape index (κ2) is 5.92. The number of halogens is 1. The predicted octanol–water partition coefficient (Wildman–Crippen LogP) is 2.86. The minimum Gasteiger partial charge on any atom is -0.478 e. The van der Waals surface area contributed by atoms with Crippen LogP contribution in [-0.4, -0.2) is 25.6 Å². The van der Waals surface area contributed by atoms with Gasteiger partial charge in [-0.25, -0.2) is 14.8 Å². The summed E-state index contributed by atoms with van der Waals surface area (Å²) in [6.07, 6.45) is 2.95. The first-order valence-corrected chi connectivity index (χ1v) is 7.62. The number of carboxylic acid groups (broad SMARTS) is 1. The van der Waals surface area contributed by atoms with Crippen LogP contribution >= 0.6 is 15.9 Å². The van der Waals surface area contributed by atoms with Crippen LogP contribution in [0.3, 0.4) is 0 Å². The maximum atomic E-state index is 12.6. The number of hydrogen-bond acceptors (Lipinski definition) is 4. The van der Waals surface area contributed by atoms with E-state index in [9.17, 15) is 9.59 Å². The number of fused-ring (bicyclic) bond motifs is 1. The summed E-state index contributed by atoms with van der Waals surface area (Å²) in [6, 6.07) is 7.85. The van der Waals surface area contributed by atoms with E-state index < -0.39 is 5.97 Å². The quantitative estimate of drug-likeness (QED) is 0.713. The first kappa shape index (κ1) is 15.4. The summed E-state index contributed by atoms with van der Waals surface area (Å²) in [5.41, 5.74) is 1.24. The fourth-order valence-corrected chi connectivity index (χ4v) is 2.69. The number of aromatic nitrogens is 3. The molecule has 0 fully saturated rings. The number of carbonyl (C=O) groups is 1. The number of pyridine rings is 1. The van der Waals surface area contributed by atoms with Gasteiger partial charge in [0.1, 0.15) is 4.60 Å². The molecule has 1 aromatic carbocycles. The topological polar surface area (TPSA) is 85.1 Å². The van der Waals surface area contributed by atoms with Gasteiger partial charge < -0.3 is 5.11 Å². The molecular weight excluding hydrogens is 362 g/mol. The van der Waals surface area contributed by atoms with Crippen molar-refractivity contribution in [2.45, 2.75) is 13.0 Å². The molecule has 6 nitrogen and oxygen atoms in total. The number of rotatable bonds is 3. The predicted molar refractivity (Wildman–Crippen MR) is 88.7 cm³/mol. The fourth-order valence-electron chi connectivity index (χ4n) is 2.38. The minimum absolute atomic E-state index is 0.182. The number of aromatic carboxylic acids is 1. The second-order valence-electron chi connectivity index (χ2n) is 5.09. The number of benzene rings is 1. The fraction of sp³-hybridized carbons (Fsp3) is 0.125. The lowest BCUT2D eigenvalue weighted by atomic mass is 10.0. The molecule has 0 spiro atoms. The Hall–Kier alpha value is -2.54. The van der Waals surface area contributed by atoms with Gasteiger partial charge >= 0.3 is 5.97 Å². The van der Waals surface area contributed by atoms with Crippen molar-refractivity contribution in [3.63, 3.8) is 0 Å². The van der Waals surface area contributed by atoms with Crippen LogP contribution in [0.25, 0.3) is 10.9 Å². The largest absolute Gasteiger partial charge is 0.478 e. The molecule has 0 unspecified atom stereocenters. The summed E-state index contributed by atoms with van der Waals surface area (Å²) in [5, 5.41) is 9.50. The van der Waals surface area contributed by atoms with Crippen LogP contribution in [-0.2, 0) is 0 Å². The average Bonchev–Trinajstić information content (AvgIpc) is 2.54. The lowest BCUT2D eigenvalue weighted by Gasteiger charge is -2.16. The van der Waals surface area contributed by atoms with Crippen LogP contribution < -0.4 is 5.56 Å². The molecule has 7 heteroatoms. The van der Waals surface area contributed by atoms with Gasteiger partial charge in [0.25, 0.3) is 5.56 Å². The Morgan fingerprint density at radius 2 is 2.09 bits per heavy atom. The van der Waals surface area contributed by atoms with Crippen molar-refractivity contribution in [3.8, 4) is 0 Å². The van der Waals surface area contributed by atoms with E-state index in [4.69, 9.17) is 5.11 Å². The Morgan fingerprint density at radius 1 is 1.30 bits per heavy atom. The standard InChI is InChI=1S/C16H12BrN3O3/c1-9(10-3-2-4-11(5-10)16(22)23)20-8-19-13-6-14(17)18-7-12(13)15(20)21/h2-9H,1H3,(H,22,23)/t9-/m1/s1. The zero-order valence-electron chi connectivity index (χ0n) is 12.1. The van der Waals surface area contributed by atoms with Crippen LogP contribution in [0.4, 0.5) is 0 Å². The van der Waals surface area contributed by atoms with E-state index in [1.54, 1.807) is 24.3 Å². The highest BCUT2D eigenvalue weighted by Crippen LogP contribution is 2.19. The van der Waals surface area contributed by atoms with E-state index in [1.807, 2.05) is 6.92 Å². The number of carboxylic acids is 1. The summed E-state index contributed by atoms with van der Waals surface area (Å²) in [6.45, 7) is 1.82. The maximum absolute atomic E-state index is 12.6. The third-order valence-electron chi connectivity index (χ3n) is 3.67. The molecule has 0 radical (unpaired) electrons. The number of nitrogens with zero attached hydrogens (tertiary/aromatic N) is 3. The Bertz CT molecular complexity index is 968. The van der Waals surface area contributed by atoms with E-state index in [1.165, 1.54) is 23.2 Å². The second-order valence-corrected chi connectivity index (χ2v) is 5.90. The molecule has 0 amide bonds. The van der Waals surface area contributed by atoms with E-state index in [0.29, 0.717) is 15.5 Å². The summed E-state index contributed by atoms with van der Waals surface area (Å²) < 4.78 is 2.08. The van der Waals surface area contributed by atoms with Gasteiger partial charge in [-0.1, -0.05) is 12.1 Å². The third-order valence-corrected chi connectivity index (χ3v) is 4.10. The van der Waals surface area contributed by atoms with E-state index in [0.717, 1.165) is 5.56 Å². The van der Waals surface area contributed by atoms with E-state index >= 15 is 0 Å². The van der Waals surface area contributed by atoms with Gasteiger partial charge in [-0.05, 0) is 46.6 Å². The van der Waals surface area contributed by atoms with Gasteiger partial charge in [0.2, 0.25) is 0 Å². The molecule has 0 bridgehead atoms. The Balaban J connectivity index is 2.11. The molecule has 116 valence electrons. The average molecular weight is 374 g/mol. The molecule has 3 aromatic rings. The molecule has 0 saturated heterocycles. The van der Waals surface area contributed by atoms with Crippen LogP contribution in [0, 0.1) is 0 Å². The van der Waals surface area contributed by atoms with Gasteiger partial charge in [-0.2, -0.15) is 0 Å². The van der Waals surface area contributed by atoms with Gasteiger partial charge in [0.15, 0.2) is 0 Å². The van der Waals surface area contributed by atoms with Crippen molar-refractivity contribution >= 4 is 32.8 Å². The summed E-state index contributed by atoms with van der Waals surface area (Å²) in [5.74, 6) is -1.00. The smallest absolute Gasteiger partial charge is 0.335 e. The lowest BCUT2D eigenvalue weighted by Crippen LogP contribution is -2.24. The van der Waals surface area contributed by atoms with Gasteiger partial charge in [-0.3, -0.25) is 9.36 Å². The van der Waals surface area contributed by atoms with Crippen molar-refractivity contribution in [3.05, 3.63) is 68.9 Å². The molecule has 0 aliphatic heterocycles. The lowest BCUT2D eigenvalue weighted by molar-refractivity contribution is 0.0696. The molecule has 0 aliphatic carbocycles. The monoisotopic (exact) mass is 373 g/mol. The first-order chi connectivity index (χ1) is 11.0. The summed E-state index contributed by atoms with van der Waals surface area (Å²) >= 11 is 3.25. The van der Waals surface area contributed by atoms with Gasteiger partial charge in [-0.15, -0.1) is 0 Å². The molecule has 3 rings (SSSR count). The number of hydrogen-bond donors (Lipinski definition) is 1. The molecule has 0 saturated carbocycles. The summed E-state index contributed by atoms with van der Waals surface area (Å²) in [7, 11) is 0. The van der Waals surface area contributed by atoms with Crippen LogP contribution in [0.5, 0.6) is 0 Å². The highest BCUT2D eigenvalue weighted by Gasteiger charge is 2.14. The van der Waals surface area contributed by atoms with Crippen LogP contribution in [0.15, 0.2) is 52.3 Å². The van der Waals surface area contributed by atoms with E-state index in [2.05, 4.69) is 25.9 Å². The molecule has 2 heterocycles. The first-order valence-electron chi connectivity index (χ1n) is 6.83. The molecule has 1 atom stereocenters. The molecule has 2 aromatic heterocycles. The molecule has 1 N–H and O–H groups in total. The Kier molecular flexibility index (Phi) is 3.96. The molecular formula is C16H12BrN3O3. The van der Waals surface area contributed by atoms with E-state index in [-0.39, 0.29) is 17.2 Å². The highest BCUT2D eigenvalue weighted by molar-refractivity contribution is 9.10.